The van der Waals surface area contributed by atoms with Gasteiger partial charge in [-0.15, -0.1) is 0 Å². The van der Waals surface area contributed by atoms with Gasteiger partial charge in [0.1, 0.15) is 0 Å². The Balaban J connectivity index is 1.70. The quantitative estimate of drug-likeness (QED) is 0.725. The molecule has 0 aliphatic carbocycles. The number of benzene rings is 2. The molecule has 0 spiro atoms. The summed E-state index contributed by atoms with van der Waals surface area (Å²) in [4.78, 5) is 18.3. The van der Waals surface area contributed by atoms with E-state index in [1.54, 1.807) is 0 Å². The van der Waals surface area contributed by atoms with E-state index < -0.39 is 0 Å². The SMILES string of the molecule is Cc1[nH]c2ccc(Cl)cc2c1CC(=O)N1c2ccccc2CC1C. The molecule has 0 fully saturated rings. The molecular formula is C20H19ClN2O. The second-order valence-electron chi connectivity index (χ2n) is 6.54. The third kappa shape index (κ3) is 2.40. The van der Waals surface area contributed by atoms with Crippen LogP contribution in [-0.4, -0.2) is 16.9 Å². The maximum Gasteiger partial charge on any atom is 0.231 e. The summed E-state index contributed by atoms with van der Waals surface area (Å²) in [7, 11) is 0. The van der Waals surface area contributed by atoms with E-state index in [9.17, 15) is 4.79 Å². The van der Waals surface area contributed by atoms with Crippen molar-refractivity contribution in [1.82, 2.24) is 4.98 Å². The number of rotatable bonds is 2. The Morgan fingerprint density at radius 3 is 2.92 bits per heavy atom. The van der Waals surface area contributed by atoms with Crippen LogP contribution in [0.5, 0.6) is 0 Å². The van der Waals surface area contributed by atoms with Crippen molar-refractivity contribution < 1.29 is 4.79 Å². The maximum absolute atomic E-state index is 13.0. The average molecular weight is 339 g/mol. The van der Waals surface area contributed by atoms with Crippen LogP contribution in [0.2, 0.25) is 5.02 Å². The number of hydrogen-bond acceptors (Lipinski definition) is 1. The lowest BCUT2D eigenvalue weighted by Crippen LogP contribution is -2.36. The summed E-state index contributed by atoms with van der Waals surface area (Å²) in [5.74, 6) is 0.136. The lowest BCUT2D eigenvalue weighted by molar-refractivity contribution is -0.118. The van der Waals surface area contributed by atoms with E-state index >= 15 is 0 Å². The number of aromatic nitrogens is 1. The van der Waals surface area contributed by atoms with Gasteiger partial charge >= 0.3 is 0 Å². The summed E-state index contributed by atoms with van der Waals surface area (Å²) in [6.07, 6.45) is 1.30. The molecule has 0 saturated carbocycles. The van der Waals surface area contributed by atoms with E-state index in [-0.39, 0.29) is 11.9 Å². The monoisotopic (exact) mass is 338 g/mol. The number of anilines is 1. The van der Waals surface area contributed by atoms with Gasteiger partial charge in [-0.3, -0.25) is 4.79 Å². The zero-order chi connectivity index (χ0) is 16.8. The standard InChI is InChI=1S/C20H19ClN2O/c1-12-9-14-5-3-4-6-19(14)23(12)20(24)11-16-13(2)22-18-8-7-15(21)10-17(16)18/h3-8,10,12,22H,9,11H2,1-2H3. The third-order valence-electron chi connectivity index (χ3n) is 4.89. The van der Waals surface area contributed by atoms with Crippen LogP contribution in [0.3, 0.4) is 0 Å². The fraction of sp³-hybridized carbons (Fsp3) is 0.250. The normalized spacial score (nSPS) is 16.6. The molecule has 3 aromatic rings. The Labute approximate surface area is 146 Å². The molecule has 3 nitrogen and oxygen atoms in total. The van der Waals surface area contributed by atoms with Crippen molar-refractivity contribution in [2.75, 3.05) is 4.90 Å². The van der Waals surface area contributed by atoms with Crippen molar-refractivity contribution in [3.63, 3.8) is 0 Å². The van der Waals surface area contributed by atoms with Crippen molar-refractivity contribution in [2.45, 2.75) is 32.7 Å². The summed E-state index contributed by atoms with van der Waals surface area (Å²) in [5.41, 5.74) is 5.38. The van der Waals surface area contributed by atoms with E-state index in [1.165, 1.54) is 5.56 Å². The number of H-pyrrole nitrogens is 1. The number of nitrogens with one attached hydrogen (secondary N) is 1. The number of para-hydroxylation sites is 1. The number of fused-ring (bicyclic) bond motifs is 2. The average Bonchev–Trinajstić information content (AvgIpc) is 3.04. The number of aryl methyl sites for hydroxylation is 1. The van der Waals surface area contributed by atoms with E-state index in [1.807, 2.05) is 48.2 Å². The first kappa shape index (κ1) is 15.3. The zero-order valence-electron chi connectivity index (χ0n) is 13.8. The fourth-order valence-corrected chi connectivity index (χ4v) is 3.94. The minimum atomic E-state index is 0.136. The molecule has 2 aromatic carbocycles. The number of nitrogens with zero attached hydrogens (tertiary/aromatic N) is 1. The van der Waals surface area contributed by atoms with Gasteiger partial charge in [-0.2, -0.15) is 0 Å². The van der Waals surface area contributed by atoms with Crippen LogP contribution in [0.4, 0.5) is 5.69 Å². The van der Waals surface area contributed by atoms with Crippen LogP contribution >= 0.6 is 11.6 Å². The van der Waals surface area contributed by atoms with Crippen molar-refractivity contribution in [3.05, 3.63) is 64.3 Å². The van der Waals surface area contributed by atoms with Gasteiger partial charge in [0, 0.05) is 33.3 Å². The van der Waals surface area contributed by atoms with E-state index in [0.717, 1.165) is 34.3 Å². The van der Waals surface area contributed by atoms with E-state index in [0.29, 0.717) is 11.4 Å². The van der Waals surface area contributed by atoms with Gasteiger partial charge in [-0.1, -0.05) is 29.8 Å². The maximum atomic E-state index is 13.0. The van der Waals surface area contributed by atoms with Crippen molar-refractivity contribution in [3.8, 4) is 0 Å². The first-order valence-electron chi connectivity index (χ1n) is 8.21. The Kier molecular flexibility index (Phi) is 3.61. The summed E-state index contributed by atoms with van der Waals surface area (Å²) >= 11 is 6.14. The second kappa shape index (κ2) is 5.67. The predicted octanol–water partition coefficient (Wildman–Crippen LogP) is 4.65. The molecule has 1 amide bonds. The summed E-state index contributed by atoms with van der Waals surface area (Å²) in [5, 5.41) is 1.73. The molecule has 24 heavy (non-hydrogen) atoms. The zero-order valence-corrected chi connectivity index (χ0v) is 14.5. The van der Waals surface area contributed by atoms with Crippen molar-refractivity contribution >= 4 is 34.1 Å². The van der Waals surface area contributed by atoms with Crippen LogP contribution in [0.1, 0.15) is 23.7 Å². The highest BCUT2D eigenvalue weighted by atomic mass is 35.5. The van der Waals surface area contributed by atoms with Gasteiger partial charge in [-0.25, -0.2) is 0 Å². The summed E-state index contributed by atoms with van der Waals surface area (Å²) < 4.78 is 0. The van der Waals surface area contributed by atoms with Gasteiger partial charge in [0.15, 0.2) is 0 Å². The number of halogens is 1. The lowest BCUT2D eigenvalue weighted by Gasteiger charge is -2.23. The number of carbonyl (C=O) groups excluding carboxylic acids is 1. The Morgan fingerprint density at radius 1 is 1.29 bits per heavy atom. The highest BCUT2D eigenvalue weighted by molar-refractivity contribution is 6.31. The Hall–Kier alpha value is -2.26. The molecule has 1 N–H and O–H groups in total. The molecule has 2 heterocycles. The largest absolute Gasteiger partial charge is 0.358 e. The minimum absolute atomic E-state index is 0.136. The van der Waals surface area contributed by atoms with Crippen LogP contribution in [0.15, 0.2) is 42.5 Å². The van der Waals surface area contributed by atoms with Gasteiger partial charge in [-0.05, 0) is 55.7 Å². The predicted molar refractivity (Wildman–Crippen MR) is 98.8 cm³/mol. The van der Waals surface area contributed by atoms with Gasteiger partial charge in [0.2, 0.25) is 5.91 Å². The molecule has 4 rings (SSSR count). The van der Waals surface area contributed by atoms with E-state index in [4.69, 9.17) is 11.6 Å². The van der Waals surface area contributed by atoms with Crippen molar-refractivity contribution in [1.29, 1.82) is 0 Å². The Bertz CT molecular complexity index is 944. The van der Waals surface area contributed by atoms with Gasteiger partial charge in [0.25, 0.3) is 0 Å². The number of hydrogen-bond donors (Lipinski definition) is 1. The first-order chi connectivity index (χ1) is 11.5. The second-order valence-corrected chi connectivity index (χ2v) is 6.98. The Morgan fingerprint density at radius 2 is 2.08 bits per heavy atom. The van der Waals surface area contributed by atoms with Crippen LogP contribution < -0.4 is 4.90 Å². The molecule has 1 aromatic heterocycles. The topological polar surface area (TPSA) is 36.1 Å². The van der Waals surface area contributed by atoms with E-state index in [2.05, 4.69) is 18.0 Å². The van der Waals surface area contributed by atoms with Crippen molar-refractivity contribution in [2.24, 2.45) is 0 Å². The number of carbonyl (C=O) groups is 1. The number of aromatic amines is 1. The molecule has 1 atom stereocenters. The molecule has 122 valence electrons. The molecule has 0 bridgehead atoms. The smallest absolute Gasteiger partial charge is 0.231 e. The molecule has 0 saturated heterocycles. The molecule has 1 aliphatic rings. The minimum Gasteiger partial charge on any atom is -0.358 e. The molecular weight excluding hydrogens is 320 g/mol. The highest BCUT2D eigenvalue weighted by Crippen LogP contribution is 2.33. The lowest BCUT2D eigenvalue weighted by atomic mass is 10.1. The fourth-order valence-electron chi connectivity index (χ4n) is 3.76. The molecule has 1 aliphatic heterocycles. The number of amides is 1. The molecule has 0 radical (unpaired) electrons. The van der Waals surface area contributed by atoms with Gasteiger partial charge in [0.05, 0.1) is 6.42 Å². The molecule has 4 heteroatoms. The van der Waals surface area contributed by atoms with Crippen LogP contribution in [0.25, 0.3) is 10.9 Å². The summed E-state index contributed by atoms with van der Waals surface area (Å²) in [6, 6.07) is 14.1. The summed E-state index contributed by atoms with van der Waals surface area (Å²) in [6.45, 7) is 4.12. The van der Waals surface area contributed by atoms with Crippen LogP contribution in [0, 0.1) is 6.92 Å². The molecule has 1 unspecified atom stereocenters. The first-order valence-corrected chi connectivity index (χ1v) is 8.59. The van der Waals surface area contributed by atoms with Gasteiger partial charge < -0.3 is 9.88 Å². The third-order valence-corrected chi connectivity index (χ3v) is 5.12. The van der Waals surface area contributed by atoms with Crippen LogP contribution in [-0.2, 0) is 17.6 Å². The highest BCUT2D eigenvalue weighted by Gasteiger charge is 2.31.